The highest BCUT2D eigenvalue weighted by molar-refractivity contribution is 6.04. The number of hydrogen-bond acceptors (Lipinski definition) is 5. The van der Waals surface area contributed by atoms with E-state index in [-0.39, 0.29) is 18.9 Å². The summed E-state index contributed by atoms with van der Waals surface area (Å²) in [4.78, 5) is 34.3. The molecule has 0 aliphatic carbocycles. The number of benzene rings is 1. The Morgan fingerprint density at radius 2 is 1.87 bits per heavy atom. The number of amides is 1. The lowest BCUT2D eigenvalue weighted by Crippen LogP contribution is -2.40. The van der Waals surface area contributed by atoms with Gasteiger partial charge >= 0.3 is 6.09 Å². The number of rotatable bonds is 6. The van der Waals surface area contributed by atoms with Crippen LogP contribution in [0.25, 0.3) is 11.3 Å². The first-order chi connectivity index (χ1) is 14.7. The van der Waals surface area contributed by atoms with Crippen LogP contribution in [0.4, 0.5) is 4.79 Å². The topological polar surface area (TPSA) is 84.5 Å². The molecule has 3 heterocycles. The number of carbonyl (C=O) groups is 2. The summed E-state index contributed by atoms with van der Waals surface area (Å²) in [6.45, 7) is 0.752. The van der Waals surface area contributed by atoms with E-state index in [9.17, 15) is 9.59 Å². The first-order valence-electron chi connectivity index (χ1n) is 9.79. The van der Waals surface area contributed by atoms with E-state index in [1.54, 1.807) is 19.5 Å². The number of nitrogens with one attached hydrogen (secondary N) is 1. The van der Waals surface area contributed by atoms with Crippen LogP contribution < -0.4 is 0 Å². The molecule has 0 spiro atoms. The Balaban J connectivity index is 1.69. The highest BCUT2D eigenvalue weighted by Gasteiger charge is 2.33. The summed E-state index contributed by atoms with van der Waals surface area (Å²) >= 11 is 0. The SMILES string of the molecule is COCCOC(=O)N1CC(=O)c2c([nH]c(-c3ccncc3)c2Cc2ccccc2)C1. The Hall–Kier alpha value is -3.45. The summed E-state index contributed by atoms with van der Waals surface area (Å²) in [5.41, 5.74) is 5.30. The number of pyridine rings is 1. The van der Waals surface area contributed by atoms with Crippen molar-refractivity contribution in [1.29, 1.82) is 0 Å². The molecule has 1 N–H and O–H groups in total. The van der Waals surface area contributed by atoms with Gasteiger partial charge in [0.15, 0.2) is 5.78 Å². The Bertz CT molecular complexity index is 1030. The zero-order chi connectivity index (χ0) is 20.9. The smallest absolute Gasteiger partial charge is 0.410 e. The number of carbonyl (C=O) groups excluding carboxylic acids is 2. The Morgan fingerprint density at radius 3 is 2.60 bits per heavy atom. The van der Waals surface area contributed by atoms with Crippen molar-refractivity contribution in [3.8, 4) is 11.3 Å². The van der Waals surface area contributed by atoms with Gasteiger partial charge in [-0.05, 0) is 23.3 Å². The van der Waals surface area contributed by atoms with Gasteiger partial charge in [0.25, 0.3) is 0 Å². The molecule has 0 unspecified atom stereocenters. The molecule has 0 radical (unpaired) electrons. The van der Waals surface area contributed by atoms with E-state index < -0.39 is 6.09 Å². The van der Waals surface area contributed by atoms with Crippen LogP contribution in [0.3, 0.4) is 0 Å². The van der Waals surface area contributed by atoms with E-state index in [2.05, 4.69) is 9.97 Å². The molecule has 154 valence electrons. The van der Waals surface area contributed by atoms with Gasteiger partial charge in [-0.1, -0.05) is 30.3 Å². The number of H-pyrrole nitrogens is 1. The largest absolute Gasteiger partial charge is 0.447 e. The number of Topliss-reactive ketones (excluding diaryl/α,β-unsaturated/α-hetero) is 1. The lowest BCUT2D eigenvalue weighted by atomic mass is 9.94. The van der Waals surface area contributed by atoms with Gasteiger partial charge in [-0.15, -0.1) is 0 Å². The number of ether oxygens (including phenoxy) is 2. The molecule has 0 saturated carbocycles. The minimum Gasteiger partial charge on any atom is -0.447 e. The standard InChI is InChI=1S/C23H23N3O4/c1-29-11-12-30-23(28)26-14-19-21(20(27)15-26)18(13-16-5-3-2-4-6-16)22(25-19)17-7-9-24-10-8-17/h2-10,25H,11-15H2,1H3. The molecule has 3 aromatic rings. The van der Waals surface area contributed by atoms with Gasteiger partial charge in [0.2, 0.25) is 0 Å². The molecular weight excluding hydrogens is 382 g/mol. The Kier molecular flexibility index (Phi) is 5.90. The summed E-state index contributed by atoms with van der Waals surface area (Å²) in [6.07, 6.45) is 3.55. The minimum atomic E-state index is -0.518. The molecule has 7 nitrogen and oxygen atoms in total. The van der Waals surface area contributed by atoms with E-state index in [0.29, 0.717) is 25.1 Å². The molecule has 1 amide bonds. The van der Waals surface area contributed by atoms with Crippen molar-refractivity contribution >= 4 is 11.9 Å². The zero-order valence-corrected chi connectivity index (χ0v) is 16.8. The second-order valence-electron chi connectivity index (χ2n) is 7.12. The number of hydrogen-bond donors (Lipinski definition) is 1. The molecule has 0 fully saturated rings. The van der Waals surface area contributed by atoms with Gasteiger partial charge in [-0.25, -0.2) is 4.79 Å². The summed E-state index contributed by atoms with van der Waals surface area (Å²) in [6, 6.07) is 13.9. The van der Waals surface area contributed by atoms with Gasteiger partial charge in [0, 0.05) is 42.7 Å². The van der Waals surface area contributed by atoms with Crippen LogP contribution in [0.1, 0.15) is 27.2 Å². The van der Waals surface area contributed by atoms with Crippen LogP contribution in [0.5, 0.6) is 0 Å². The number of aromatic nitrogens is 2. The van der Waals surface area contributed by atoms with Crippen LogP contribution in [0.2, 0.25) is 0 Å². The maximum absolute atomic E-state index is 13.1. The van der Waals surface area contributed by atoms with E-state index in [1.807, 2.05) is 42.5 Å². The predicted molar refractivity (Wildman–Crippen MR) is 111 cm³/mol. The monoisotopic (exact) mass is 405 g/mol. The predicted octanol–water partition coefficient (Wildman–Crippen LogP) is 3.45. The third kappa shape index (κ3) is 4.11. The number of aromatic amines is 1. The Labute approximate surface area is 174 Å². The number of fused-ring (bicyclic) bond motifs is 1. The van der Waals surface area contributed by atoms with Crippen molar-refractivity contribution in [2.24, 2.45) is 0 Å². The van der Waals surface area contributed by atoms with Crippen molar-refractivity contribution in [3.05, 3.63) is 77.2 Å². The third-order valence-corrected chi connectivity index (χ3v) is 5.11. The van der Waals surface area contributed by atoms with Crippen molar-refractivity contribution in [2.75, 3.05) is 26.9 Å². The molecular formula is C23H23N3O4. The van der Waals surface area contributed by atoms with Crippen molar-refractivity contribution in [3.63, 3.8) is 0 Å². The second-order valence-corrected chi connectivity index (χ2v) is 7.12. The van der Waals surface area contributed by atoms with Crippen molar-refractivity contribution in [1.82, 2.24) is 14.9 Å². The van der Waals surface area contributed by atoms with Crippen LogP contribution >= 0.6 is 0 Å². The fourth-order valence-electron chi connectivity index (χ4n) is 3.72. The molecule has 1 aromatic carbocycles. The molecule has 0 atom stereocenters. The molecule has 4 rings (SSSR count). The van der Waals surface area contributed by atoms with Crippen molar-refractivity contribution in [2.45, 2.75) is 13.0 Å². The first kappa shape index (κ1) is 19.8. The van der Waals surface area contributed by atoms with Crippen LogP contribution in [0, 0.1) is 0 Å². The van der Waals surface area contributed by atoms with Crippen LogP contribution in [-0.2, 0) is 22.4 Å². The molecule has 1 aliphatic rings. The zero-order valence-electron chi connectivity index (χ0n) is 16.8. The van der Waals surface area contributed by atoms with E-state index in [0.717, 1.165) is 28.1 Å². The third-order valence-electron chi connectivity index (χ3n) is 5.11. The summed E-state index contributed by atoms with van der Waals surface area (Å²) in [5, 5.41) is 0. The second kappa shape index (κ2) is 8.92. The van der Waals surface area contributed by atoms with E-state index in [4.69, 9.17) is 9.47 Å². The maximum atomic E-state index is 13.1. The van der Waals surface area contributed by atoms with Gasteiger partial charge < -0.3 is 14.5 Å². The fourth-order valence-corrected chi connectivity index (χ4v) is 3.72. The van der Waals surface area contributed by atoms with Gasteiger partial charge in [0.05, 0.1) is 25.4 Å². The average molecular weight is 405 g/mol. The van der Waals surface area contributed by atoms with Crippen LogP contribution in [-0.4, -0.2) is 53.6 Å². The molecule has 0 bridgehead atoms. The summed E-state index contributed by atoms with van der Waals surface area (Å²) in [5.74, 6) is -0.0950. The average Bonchev–Trinajstić information content (AvgIpc) is 3.14. The van der Waals surface area contributed by atoms with E-state index >= 15 is 0 Å². The Morgan fingerprint density at radius 1 is 1.10 bits per heavy atom. The van der Waals surface area contributed by atoms with Crippen LogP contribution in [0.15, 0.2) is 54.9 Å². The summed E-state index contributed by atoms with van der Waals surface area (Å²) in [7, 11) is 1.54. The van der Waals surface area contributed by atoms with Gasteiger partial charge in [-0.3, -0.25) is 14.7 Å². The van der Waals surface area contributed by atoms with E-state index in [1.165, 1.54) is 4.90 Å². The number of nitrogens with zero attached hydrogens (tertiary/aromatic N) is 2. The molecule has 7 heteroatoms. The van der Waals surface area contributed by atoms with Crippen molar-refractivity contribution < 1.29 is 19.1 Å². The maximum Gasteiger partial charge on any atom is 0.410 e. The van der Waals surface area contributed by atoms with Gasteiger partial charge in [-0.2, -0.15) is 0 Å². The van der Waals surface area contributed by atoms with Gasteiger partial charge in [0.1, 0.15) is 6.61 Å². The fraction of sp³-hybridized carbons (Fsp3) is 0.261. The number of methoxy groups -OCH3 is 1. The highest BCUT2D eigenvalue weighted by Crippen LogP contribution is 2.33. The normalized spacial score (nSPS) is 13.2. The molecule has 0 saturated heterocycles. The highest BCUT2D eigenvalue weighted by atomic mass is 16.6. The lowest BCUT2D eigenvalue weighted by Gasteiger charge is -2.25. The minimum absolute atomic E-state index is 0.00571. The molecule has 1 aliphatic heterocycles. The molecule has 30 heavy (non-hydrogen) atoms. The summed E-state index contributed by atoms with van der Waals surface area (Å²) < 4.78 is 10.1. The number of ketones is 1. The first-order valence-corrected chi connectivity index (χ1v) is 9.79. The lowest BCUT2D eigenvalue weighted by molar-refractivity contribution is 0.0630. The molecule has 2 aromatic heterocycles. The quantitative estimate of drug-likeness (QED) is 0.635.